The van der Waals surface area contributed by atoms with Crippen LogP contribution in [0.5, 0.6) is 0 Å². The van der Waals surface area contributed by atoms with E-state index in [1.807, 2.05) is 6.07 Å². The Balaban J connectivity index is 2.06. The summed E-state index contributed by atoms with van der Waals surface area (Å²) in [6, 6.07) is 6.30. The smallest absolute Gasteiger partial charge is 0.0632 e. The fourth-order valence-corrected chi connectivity index (χ4v) is 2.57. The maximum Gasteiger partial charge on any atom is 0.0632 e. The lowest BCUT2D eigenvalue weighted by atomic mass is 10.0. The van der Waals surface area contributed by atoms with E-state index in [4.69, 9.17) is 5.73 Å². The number of nitrogens with zero attached hydrogens (tertiary/aromatic N) is 2. The minimum Gasteiger partial charge on any atom is -0.397 e. The number of benzene rings is 1. The largest absolute Gasteiger partial charge is 0.397 e. The molecule has 0 unspecified atom stereocenters. The highest BCUT2D eigenvalue weighted by molar-refractivity contribution is 5.72. The van der Waals surface area contributed by atoms with E-state index in [0.29, 0.717) is 0 Å². The lowest BCUT2D eigenvalue weighted by molar-refractivity contribution is 0.399. The van der Waals surface area contributed by atoms with Crippen LogP contribution >= 0.6 is 0 Å². The third-order valence-electron chi connectivity index (χ3n) is 3.37. The molecule has 1 aromatic rings. The number of rotatable bonds is 4. The van der Waals surface area contributed by atoms with Crippen molar-refractivity contribution in [1.82, 2.24) is 4.90 Å². The molecule has 0 saturated heterocycles. The van der Waals surface area contributed by atoms with Crippen molar-refractivity contribution in [2.24, 2.45) is 0 Å². The second kappa shape index (κ2) is 5.41. The van der Waals surface area contributed by atoms with Gasteiger partial charge >= 0.3 is 0 Å². The van der Waals surface area contributed by atoms with Gasteiger partial charge in [-0.25, -0.2) is 0 Å². The molecule has 0 aliphatic carbocycles. The van der Waals surface area contributed by atoms with Crippen LogP contribution in [0.1, 0.15) is 18.4 Å². The van der Waals surface area contributed by atoms with Gasteiger partial charge in [-0.2, -0.15) is 0 Å². The van der Waals surface area contributed by atoms with E-state index >= 15 is 0 Å². The van der Waals surface area contributed by atoms with Gasteiger partial charge in [-0.05, 0) is 51.5 Å². The van der Waals surface area contributed by atoms with Crippen molar-refractivity contribution in [3.63, 3.8) is 0 Å². The molecule has 0 fully saturated rings. The number of hydrogen-bond acceptors (Lipinski definition) is 3. The predicted octanol–water partition coefficient (Wildman–Crippen LogP) is 1.97. The summed E-state index contributed by atoms with van der Waals surface area (Å²) < 4.78 is 0. The number of aryl methyl sites for hydroxylation is 1. The molecule has 0 atom stereocenters. The molecule has 0 amide bonds. The van der Waals surface area contributed by atoms with Crippen molar-refractivity contribution in [2.45, 2.75) is 19.3 Å². The lowest BCUT2D eigenvalue weighted by Crippen LogP contribution is -2.32. The SMILES string of the molecule is CN(C)CCCN1CCCc2cccc(N)c21. The first-order valence-electron chi connectivity index (χ1n) is 6.45. The first kappa shape index (κ1) is 12.2. The Morgan fingerprint density at radius 1 is 1.35 bits per heavy atom. The third kappa shape index (κ3) is 2.91. The molecule has 1 aliphatic rings. The monoisotopic (exact) mass is 233 g/mol. The van der Waals surface area contributed by atoms with Crippen molar-refractivity contribution >= 4 is 11.4 Å². The highest BCUT2D eigenvalue weighted by Crippen LogP contribution is 2.32. The normalized spacial score (nSPS) is 15.1. The average molecular weight is 233 g/mol. The maximum absolute atomic E-state index is 6.11. The Morgan fingerprint density at radius 3 is 2.94 bits per heavy atom. The standard InChI is InChI=1S/C14H23N3/c1-16(2)9-5-11-17-10-4-7-12-6-3-8-13(15)14(12)17/h3,6,8H,4-5,7,9-11,15H2,1-2H3. The zero-order valence-corrected chi connectivity index (χ0v) is 10.9. The minimum absolute atomic E-state index is 0.937. The van der Waals surface area contributed by atoms with Gasteiger partial charge in [0.15, 0.2) is 0 Å². The minimum atomic E-state index is 0.937. The fourth-order valence-electron chi connectivity index (χ4n) is 2.57. The van der Waals surface area contributed by atoms with Crippen LogP contribution < -0.4 is 10.6 Å². The number of para-hydroxylation sites is 1. The van der Waals surface area contributed by atoms with Gasteiger partial charge < -0.3 is 15.5 Å². The second-order valence-corrected chi connectivity index (χ2v) is 5.10. The molecule has 0 saturated carbocycles. The van der Waals surface area contributed by atoms with Gasteiger partial charge in [0.05, 0.1) is 11.4 Å². The highest BCUT2D eigenvalue weighted by atomic mass is 15.1. The predicted molar refractivity (Wildman–Crippen MR) is 74.6 cm³/mol. The molecule has 2 N–H and O–H groups in total. The molecule has 94 valence electrons. The van der Waals surface area contributed by atoms with Gasteiger partial charge in [-0.3, -0.25) is 0 Å². The first-order valence-corrected chi connectivity index (χ1v) is 6.45. The Bertz CT molecular complexity index is 374. The van der Waals surface area contributed by atoms with E-state index in [2.05, 4.69) is 36.0 Å². The zero-order valence-electron chi connectivity index (χ0n) is 10.9. The number of nitrogens with two attached hydrogens (primary N) is 1. The van der Waals surface area contributed by atoms with Crippen molar-refractivity contribution in [2.75, 3.05) is 44.4 Å². The van der Waals surface area contributed by atoms with Gasteiger partial charge in [0.1, 0.15) is 0 Å². The van der Waals surface area contributed by atoms with E-state index in [-0.39, 0.29) is 0 Å². The summed E-state index contributed by atoms with van der Waals surface area (Å²) in [5, 5.41) is 0. The van der Waals surface area contributed by atoms with Crippen LogP contribution in [-0.2, 0) is 6.42 Å². The average Bonchev–Trinajstić information content (AvgIpc) is 2.29. The molecule has 3 heteroatoms. The van der Waals surface area contributed by atoms with Crippen LogP contribution in [0.25, 0.3) is 0 Å². The summed E-state index contributed by atoms with van der Waals surface area (Å²) in [6.45, 7) is 3.40. The van der Waals surface area contributed by atoms with E-state index in [0.717, 1.165) is 25.3 Å². The highest BCUT2D eigenvalue weighted by Gasteiger charge is 2.18. The topological polar surface area (TPSA) is 32.5 Å². The molecule has 0 bridgehead atoms. The maximum atomic E-state index is 6.11. The van der Waals surface area contributed by atoms with Gasteiger partial charge in [0, 0.05) is 13.1 Å². The number of anilines is 2. The molecule has 17 heavy (non-hydrogen) atoms. The van der Waals surface area contributed by atoms with Gasteiger partial charge in [0.2, 0.25) is 0 Å². The summed E-state index contributed by atoms with van der Waals surface area (Å²) in [6.07, 6.45) is 3.61. The lowest BCUT2D eigenvalue weighted by Gasteiger charge is -2.32. The van der Waals surface area contributed by atoms with Gasteiger partial charge in [-0.15, -0.1) is 0 Å². The molecule has 1 heterocycles. The summed E-state index contributed by atoms with van der Waals surface area (Å²) in [5.74, 6) is 0. The van der Waals surface area contributed by atoms with Gasteiger partial charge in [0.25, 0.3) is 0 Å². The van der Waals surface area contributed by atoms with E-state index in [9.17, 15) is 0 Å². The molecule has 0 spiro atoms. The van der Waals surface area contributed by atoms with Crippen LogP contribution in [0.3, 0.4) is 0 Å². The van der Waals surface area contributed by atoms with Crippen molar-refractivity contribution < 1.29 is 0 Å². The zero-order chi connectivity index (χ0) is 12.3. The molecule has 1 aliphatic heterocycles. The number of fused-ring (bicyclic) bond motifs is 1. The third-order valence-corrected chi connectivity index (χ3v) is 3.37. The molecular weight excluding hydrogens is 210 g/mol. The van der Waals surface area contributed by atoms with Crippen molar-refractivity contribution in [3.8, 4) is 0 Å². The second-order valence-electron chi connectivity index (χ2n) is 5.10. The number of nitrogen functional groups attached to an aromatic ring is 1. The van der Waals surface area contributed by atoms with Crippen LogP contribution in [0, 0.1) is 0 Å². The molecule has 0 aromatic heterocycles. The first-order chi connectivity index (χ1) is 8.18. The summed E-state index contributed by atoms with van der Waals surface area (Å²) in [5.41, 5.74) is 9.76. The molecular formula is C14H23N3. The molecule has 1 aromatic carbocycles. The molecule has 0 radical (unpaired) electrons. The quantitative estimate of drug-likeness (QED) is 0.807. The summed E-state index contributed by atoms with van der Waals surface area (Å²) >= 11 is 0. The van der Waals surface area contributed by atoms with Crippen LogP contribution in [0.15, 0.2) is 18.2 Å². The van der Waals surface area contributed by atoms with Crippen molar-refractivity contribution in [3.05, 3.63) is 23.8 Å². The fraction of sp³-hybridized carbons (Fsp3) is 0.571. The van der Waals surface area contributed by atoms with Crippen LogP contribution in [-0.4, -0.2) is 38.6 Å². The van der Waals surface area contributed by atoms with Crippen LogP contribution in [0.4, 0.5) is 11.4 Å². The van der Waals surface area contributed by atoms with E-state index in [1.54, 1.807) is 0 Å². The Morgan fingerprint density at radius 2 is 2.18 bits per heavy atom. The Labute approximate surface area is 104 Å². The molecule has 3 nitrogen and oxygen atoms in total. The Hall–Kier alpha value is -1.22. The Kier molecular flexibility index (Phi) is 3.89. The van der Waals surface area contributed by atoms with E-state index in [1.165, 1.54) is 30.5 Å². The summed E-state index contributed by atoms with van der Waals surface area (Å²) in [4.78, 5) is 4.69. The van der Waals surface area contributed by atoms with Crippen molar-refractivity contribution in [1.29, 1.82) is 0 Å². The number of hydrogen-bond donors (Lipinski definition) is 1. The van der Waals surface area contributed by atoms with Crippen LogP contribution in [0.2, 0.25) is 0 Å². The molecule has 2 rings (SSSR count). The van der Waals surface area contributed by atoms with E-state index < -0.39 is 0 Å². The summed E-state index contributed by atoms with van der Waals surface area (Å²) in [7, 11) is 4.25. The van der Waals surface area contributed by atoms with Gasteiger partial charge in [-0.1, -0.05) is 12.1 Å².